The molecule has 1 fully saturated rings. The Morgan fingerprint density at radius 2 is 1.34 bits per heavy atom. The van der Waals surface area contributed by atoms with E-state index in [1.54, 1.807) is 84.9 Å². The first-order chi connectivity index (χ1) is 25.5. The van der Waals surface area contributed by atoms with Crippen molar-refractivity contribution in [2.45, 2.75) is 62.7 Å². The van der Waals surface area contributed by atoms with E-state index in [4.69, 9.17) is 11.1 Å². The van der Waals surface area contributed by atoms with Crippen LogP contribution in [0.1, 0.15) is 47.2 Å². The molecule has 4 rings (SSSR count). The number of nitrogens with zero attached hydrogens (tertiary/aromatic N) is 1. The minimum atomic E-state index is -1.17. The van der Waals surface area contributed by atoms with Crippen LogP contribution in [-0.4, -0.2) is 95.3 Å². The molecule has 1 aliphatic rings. The number of amides is 5. The SMILES string of the molecule is N=C(N)NCCC[C@H](NC(=O)c1ccccc1)C(=O)NCC(=O)N[C@@H](Cc1ccccc1)C(=O)N[C@@H](Cc1ccccc1)C(=O)N1CCC[C@H]1C(=O)O. The van der Waals surface area contributed by atoms with Gasteiger partial charge in [0, 0.05) is 31.5 Å². The van der Waals surface area contributed by atoms with Crippen LogP contribution in [-0.2, 0) is 36.8 Å². The number of nitrogens with two attached hydrogens (primary N) is 1. The van der Waals surface area contributed by atoms with Crippen LogP contribution < -0.4 is 32.3 Å². The Labute approximate surface area is 307 Å². The molecule has 15 nitrogen and oxygen atoms in total. The lowest BCUT2D eigenvalue weighted by Crippen LogP contribution is -2.57. The number of hydrogen-bond acceptors (Lipinski definition) is 7. The van der Waals surface area contributed by atoms with Crippen LogP contribution in [0.15, 0.2) is 91.0 Å². The van der Waals surface area contributed by atoms with Crippen molar-refractivity contribution < 1.29 is 33.9 Å². The summed E-state index contributed by atoms with van der Waals surface area (Å²) < 4.78 is 0. The van der Waals surface area contributed by atoms with Crippen LogP contribution >= 0.6 is 0 Å². The van der Waals surface area contributed by atoms with Gasteiger partial charge < -0.3 is 42.3 Å². The molecule has 0 aromatic heterocycles. The fourth-order valence-corrected chi connectivity index (χ4v) is 6.03. The Morgan fingerprint density at radius 3 is 1.92 bits per heavy atom. The summed E-state index contributed by atoms with van der Waals surface area (Å²) in [5, 5.41) is 30.4. The number of carboxylic acids is 1. The Hall–Kier alpha value is -6.25. The van der Waals surface area contributed by atoms with Gasteiger partial charge in [-0.05, 0) is 48.9 Å². The monoisotopic (exact) mass is 726 g/mol. The molecule has 0 aliphatic carbocycles. The van der Waals surface area contributed by atoms with Crippen molar-refractivity contribution in [3.63, 3.8) is 0 Å². The fraction of sp³-hybridized carbons (Fsp3) is 0.342. The first kappa shape index (κ1) is 39.5. The maximum Gasteiger partial charge on any atom is 0.326 e. The van der Waals surface area contributed by atoms with Gasteiger partial charge in [-0.2, -0.15) is 0 Å². The van der Waals surface area contributed by atoms with Crippen molar-refractivity contribution in [3.8, 4) is 0 Å². The predicted molar refractivity (Wildman–Crippen MR) is 196 cm³/mol. The summed E-state index contributed by atoms with van der Waals surface area (Å²) in [7, 11) is 0. The number of guanidine groups is 1. The van der Waals surface area contributed by atoms with E-state index in [-0.39, 0.29) is 38.3 Å². The van der Waals surface area contributed by atoms with Crippen molar-refractivity contribution in [1.82, 2.24) is 31.5 Å². The van der Waals surface area contributed by atoms with Crippen LogP contribution in [0.3, 0.4) is 0 Å². The Bertz CT molecular complexity index is 1730. The van der Waals surface area contributed by atoms with Gasteiger partial charge in [0.25, 0.3) is 5.91 Å². The number of carbonyl (C=O) groups is 6. The van der Waals surface area contributed by atoms with Gasteiger partial charge in [-0.3, -0.25) is 29.4 Å². The summed E-state index contributed by atoms with van der Waals surface area (Å²) in [4.78, 5) is 80.4. The Balaban J connectivity index is 1.47. The number of aliphatic carboxylic acids is 1. The molecular formula is C38H46N8O7. The molecule has 1 saturated heterocycles. The summed E-state index contributed by atoms with van der Waals surface area (Å²) in [5.41, 5.74) is 7.15. The molecule has 53 heavy (non-hydrogen) atoms. The highest BCUT2D eigenvalue weighted by Gasteiger charge is 2.38. The number of likely N-dealkylation sites (tertiary alicyclic amines) is 1. The number of nitrogens with one attached hydrogen (secondary N) is 6. The van der Waals surface area contributed by atoms with Gasteiger partial charge >= 0.3 is 5.97 Å². The zero-order chi connectivity index (χ0) is 38.2. The smallest absolute Gasteiger partial charge is 0.326 e. The fourth-order valence-electron chi connectivity index (χ4n) is 6.03. The van der Waals surface area contributed by atoms with Crippen molar-refractivity contribution >= 4 is 41.5 Å². The van der Waals surface area contributed by atoms with Crippen molar-refractivity contribution in [2.24, 2.45) is 5.73 Å². The third-order valence-corrected chi connectivity index (χ3v) is 8.72. The van der Waals surface area contributed by atoms with E-state index in [9.17, 15) is 33.9 Å². The molecule has 3 aromatic carbocycles. The number of carboxylic acid groups (broad SMARTS) is 1. The highest BCUT2D eigenvalue weighted by Crippen LogP contribution is 2.20. The van der Waals surface area contributed by atoms with E-state index in [0.29, 0.717) is 24.8 Å². The molecule has 0 spiro atoms. The van der Waals surface area contributed by atoms with Crippen LogP contribution in [0.25, 0.3) is 0 Å². The zero-order valence-corrected chi connectivity index (χ0v) is 29.3. The molecule has 9 N–H and O–H groups in total. The number of rotatable bonds is 18. The van der Waals surface area contributed by atoms with E-state index in [1.165, 1.54) is 4.90 Å². The lowest BCUT2D eigenvalue weighted by Gasteiger charge is -2.29. The highest BCUT2D eigenvalue weighted by atomic mass is 16.4. The number of hydrogen-bond donors (Lipinski definition) is 8. The van der Waals surface area contributed by atoms with Gasteiger partial charge in [-0.1, -0.05) is 78.9 Å². The minimum Gasteiger partial charge on any atom is -0.480 e. The molecule has 1 aliphatic heterocycles. The first-order valence-electron chi connectivity index (χ1n) is 17.4. The van der Waals surface area contributed by atoms with Gasteiger partial charge in [0.15, 0.2) is 5.96 Å². The molecule has 5 amide bonds. The Kier molecular flexibility index (Phi) is 14.9. The maximum absolute atomic E-state index is 13.9. The third kappa shape index (κ3) is 12.5. The molecule has 0 bridgehead atoms. The van der Waals surface area contributed by atoms with Crippen LogP contribution in [0.4, 0.5) is 0 Å². The van der Waals surface area contributed by atoms with Crippen LogP contribution in [0, 0.1) is 5.41 Å². The summed E-state index contributed by atoms with van der Waals surface area (Å²) in [6.45, 7) is -0.0122. The standard InChI is InChI=1S/C38H46N8O7/c39-38(40)41-20-10-18-28(44-33(48)27-16-8-3-9-17-27)34(49)42-24-32(47)43-29(22-25-12-4-1-5-13-25)35(50)45-30(23-26-14-6-2-7-15-26)36(51)46-21-11-19-31(46)37(52)53/h1-9,12-17,28-31H,10-11,18-24H2,(H,42,49)(H,43,47)(H,44,48)(H,45,50)(H,52,53)(H4,39,40,41)/t28-,29-,30-,31-/m0/s1. The second-order valence-corrected chi connectivity index (χ2v) is 12.7. The second-order valence-electron chi connectivity index (χ2n) is 12.7. The molecule has 0 radical (unpaired) electrons. The number of carbonyl (C=O) groups excluding carboxylic acids is 5. The predicted octanol–water partition coefficient (Wildman–Crippen LogP) is 0.695. The molecule has 0 saturated carbocycles. The average Bonchev–Trinajstić information content (AvgIpc) is 3.66. The average molecular weight is 727 g/mol. The molecule has 280 valence electrons. The van der Waals surface area contributed by atoms with E-state index in [1.807, 2.05) is 6.07 Å². The van der Waals surface area contributed by atoms with Crippen LogP contribution in [0.5, 0.6) is 0 Å². The van der Waals surface area contributed by atoms with Crippen molar-refractivity contribution in [2.75, 3.05) is 19.6 Å². The quantitative estimate of drug-likeness (QED) is 0.0523. The van der Waals surface area contributed by atoms with Crippen molar-refractivity contribution in [1.29, 1.82) is 5.41 Å². The maximum atomic E-state index is 13.9. The Morgan fingerprint density at radius 1 is 0.755 bits per heavy atom. The first-order valence-corrected chi connectivity index (χ1v) is 17.4. The van der Waals surface area contributed by atoms with Gasteiger partial charge in [0.1, 0.15) is 24.2 Å². The summed E-state index contributed by atoms with van der Waals surface area (Å²) in [6, 6.07) is 21.9. The normalized spacial score (nSPS) is 15.2. The largest absolute Gasteiger partial charge is 0.480 e. The lowest BCUT2D eigenvalue weighted by atomic mass is 10.0. The van der Waals surface area contributed by atoms with Gasteiger partial charge in [-0.15, -0.1) is 0 Å². The zero-order valence-electron chi connectivity index (χ0n) is 29.3. The minimum absolute atomic E-state index is 0.0545. The molecule has 3 aromatic rings. The van der Waals surface area contributed by atoms with E-state index >= 15 is 0 Å². The van der Waals surface area contributed by atoms with Gasteiger partial charge in [0.05, 0.1) is 6.54 Å². The lowest BCUT2D eigenvalue weighted by molar-refractivity contribution is -0.149. The van der Waals surface area contributed by atoms with E-state index in [0.717, 1.165) is 11.1 Å². The molecule has 0 unspecified atom stereocenters. The van der Waals surface area contributed by atoms with Gasteiger partial charge in [0.2, 0.25) is 23.6 Å². The molecule has 1 heterocycles. The topological polar surface area (TPSA) is 236 Å². The third-order valence-electron chi connectivity index (χ3n) is 8.72. The second kappa shape index (κ2) is 20.0. The molecular weight excluding hydrogens is 680 g/mol. The molecule has 4 atom stereocenters. The highest BCUT2D eigenvalue weighted by molar-refractivity contribution is 5.98. The van der Waals surface area contributed by atoms with E-state index in [2.05, 4.69) is 26.6 Å². The number of benzene rings is 3. The summed E-state index contributed by atoms with van der Waals surface area (Å²) in [6.07, 6.45) is 1.50. The van der Waals surface area contributed by atoms with Crippen LogP contribution in [0.2, 0.25) is 0 Å². The molecule has 15 heteroatoms. The summed E-state index contributed by atoms with van der Waals surface area (Å²) >= 11 is 0. The van der Waals surface area contributed by atoms with Gasteiger partial charge in [-0.25, -0.2) is 4.79 Å². The summed E-state index contributed by atoms with van der Waals surface area (Å²) in [5.74, 6) is -4.38. The van der Waals surface area contributed by atoms with E-state index < -0.39 is 66.2 Å². The van der Waals surface area contributed by atoms with Crippen molar-refractivity contribution in [3.05, 3.63) is 108 Å².